The third kappa shape index (κ3) is 2.69. The van der Waals surface area contributed by atoms with Gasteiger partial charge in [0.25, 0.3) is 0 Å². The van der Waals surface area contributed by atoms with E-state index in [1.807, 2.05) is 19.1 Å². The van der Waals surface area contributed by atoms with Gasteiger partial charge in [-0.05, 0) is 43.9 Å². The summed E-state index contributed by atoms with van der Waals surface area (Å²) in [5.74, 6) is -1.01. The van der Waals surface area contributed by atoms with Crippen LogP contribution in [0, 0.1) is 42.4 Å². The maximum atomic E-state index is 13.0. The lowest BCUT2D eigenvalue weighted by molar-refractivity contribution is -0.157. The molecular weight excluding hydrogens is 370 g/mol. The van der Waals surface area contributed by atoms with Gasteiger partial charge in [0.2, 0.25) is 11.8 Å². The van der Waals surface area contributed by atoms with Crippen molar-refractivity contribution in [3.05, 3.63) is 47.5 Å². The first-order chi connectivity index (χ1) is 13.9. The molecule has 7 atom stereocenters. The summed E-state index contributed by atoms with van der Waals surface area (Å²) in [7, 11) is 0. The maximum absolute atomic E-state index is 13.0. The zero-order valence-corrected chi connectivity index (χ0v) is 16.4. The fourth-order valence-corrected chi connectivity index (χ4v) is 5.55. The summed E-state index contributed by atoms with van der Waals surface area (Å²) in [5.41, 5.74) is 1.48. The van der Waals surface area contributed by atoms with E-state index in [4.69, 9.17) is 4.74 Å². The molecule has 0 unspecified atom stereocenters. The number of Topliss-reactive ketones (excluding diaryl/α,β-unsaturated/α-hetero) is 1. The number of amides is 2. The molecule has 2 amide bonds. The number of hydrogen-bond acceptors (Lipinski definition) is 5. The largest absolute Gasteiger partial charge is 0.456 e. The normalized spacial score (nSPS) is 34.6. The van der Waals surface area contributed by atoms with Crippen LogP contribution in [-0.4, -0.2) is 41.1 Å². The second-order valence-electron chi connectivity index (χ2n) is 8.77. The zero-order chi connectivity index (χ0) is 20.4. The predicted octanol–water partition coefficient (Wildman–Crippen LogP) is 2.16. The molecule has 0 radical (unpaired) electrons. The van der Waals surface area contributed by atoms with Gasteiger partial charge in [0, 0.05) is 5.56 Å². The molecule has 150 valence electrons. The smallest absolute Gasteiger partial charge is 0.329 e. The molecule has 1 heterocycles. The highest BCUT2D eigenvalue weighted by Gasteiger charge is 2.67. The minimum Gasteiger partial charge on any atom is -0.456 e. The second kappa shape index (κ2) is 6.37. The van der Waals surface area contributed by atoms with Gasteiger partial charge in [0.05, 0.1) is 11.8 Å². The number of ketones is 1. The van der Waals surface area contributed by atoms with Gasteiger partial charge < -0.3 is 4.74 Å². The van der Waals surface area contributed by atoms with Gasteiger partial charge in [-0.3, -0.25) is 19.3 Å². The molecule has 1 aromatic carbocycles. The van der Waals surface area contributed by atoms with Gasteiger partial charge in [-0.1, -0.05) is 42.0 Å². The molecule has 6 nitrogen and oxygen atoms in total. The maximum Gasteiger partial charge on any atom is 0.329 e. The summed E-state index contributed by atoms with van der Waals surface area (Å²) in [6, 6.07) is 5.96. The minimum absolute atomic E-state index is 0.114. The highest BCUT2D eigenvalue weighted by atomic mass is 16.5. The van der Waals surface area contributed by atoms with Crippen LogP contribution in [0.5, 0.6) is 0 Å². The topological polar surface area (TPSA) is 80.8 Å². The summed E-state index contributed by atoms with van der Waals surface area (Å²) >= 11 is 0. The Morgan fingerprint density at radius 1 is 1.03 bits per heavy atom. The average Bonchev–Trinajstić information content (AvgIpc) is 3.49. The third-order valence-corrected chi connectivity index (χ3v) is 7.14. The summed E-state index contributed by atoms with van der Waals surface area (Å²) < 4.78 is 5.16. The molecule has 0 N–H and O–H groups in total. The van der Waals surface area contributed by atoms with E-state index in [0.29, 0.717) is 17.4 Å². The van der Waals surface area contributed by atoms with E-state index in [0.717, 1.165) is 16.9 Å². The van der Waals surface area contributed by atoms with Gasteiger partial charge in [-0.15, -0.1) is 0 Å². The van der Waals surface area contributed by atoms with Crippen molar-refractivity contribution in [3.8, 4) is 0 Å². The van der Waals surface area contributed by atoms with Crippen LogP contribution in [0.1, 0.15) is 29.3 Å². The number of imide groups is 1. The summed E-state index contributed by atoms with van der Waals surface area (Å²) in [5, 5.41) is 0. The van der Waals surface area contributed by atoms with Crippen molar-refractivity contribution in [2.75, 3.05) is 6.61 Å². The molecule has 1 saturated heterocycles. The van der Waals surface area contributed by atoms with E-state index in [1.165, 1.54) is 6.92 Å². The van der Waals surface area contributed by atoms with Crippen LogP contribution in [0.25, 0.3) is 0 Å². The van der Waals surface area contributed by atoms with Gasteiger partial charge in [0.1, 0.15) is 6.04 Å². The number of esters is 1. The first-order valence-corrected chi connectivity index (χ1v) is 10.2. The number of carbonyl (C=O) groups excluding carboxylic acids is 4. The zero-order valence-electron chi connectivity index (χ0n) is 16.4. The molecular formula is C23H23NO5. The number of ether oxygens (including phenoxy) is 1. The molecule has 6 heteroatoms. The van der Waals surface area contributed by atoms with Crippen molar-refractivity contribution in [2.45, 2.75) is 26.3 Å². The van der Waals surface area contributed by atoms with E-state index in [1.54, 1.807) is 12.1 Å². The Morgan fingerprint density at radius 3 is 2.14 bits per heavy atom. The van der Waals surface area contributed by atoms with Gasteiger partial charge in [0.15, 0.2) is 12.4 Å². The van der Waals surface area contributed by atoms with E-state index in [-0.39, 0.29) is 41.3 Å². The van der Waals surface area contributed by atoms with Gasteiger partial charge >= 0.3 is 5.97 Å². The Bertz CT molecular complexity index is 913. The molecule has 2 bridgehead atoms. The van der Waals surface area contributed by atoms with Crippen molar-refractivity contribution in [1.29, 1.82) is 0 Å². The van der Waals surface area contributed by atoms with Crippen LogP contribution < -0.4 is 0 Å². The quantitative estimate of drug-likeness (QED) is 0.331. The third-order valence-electron chi connectivity index (χ3n) is 7.14. The van der Waals surface area contributed by atoms with Crippen LogP contribution >= 0.6 is 0 Å². The number of nitrogens with zero attached hydrogens (tertiary/aromatic N) is 1. The highest BCUT2D eigenvalue weighted by Crippen LogP contribution is 2.65. The Kier molecular flexibility index (Phi) is 4.02. The number of likely N-dealkylation sites (tertiary alicyclic amines) is 1. The second-order valence-corrected chi connectivity index (χ2v) is 8.77. The predicted molar refractivity (Wildman–Crippen MR) is 102 cm³/mol. The number of hydrogen-bond donors (Lipinski definition) is 0. The standard InChI is InChI=1S/C23H23NO5/c1-11-3-5-13(6-4-11)18(25)10-29-23(28)12(2)24-21(26)19-14-7-8-15(17-9-16(14)17)20(19)22(24)27/h3-8,12,14-17,19-20H,9-10H2,1-2H3/t12-,14+,15+,16+,17+,19-,20+/m0/s1. The van der Waals surface area contributed by atoms with Crippen LogP contribution in [0.15, 0.2) is 36.4 Å². The van der Waals surface area contributed by atoms with Crippen LogP contribution in [0.4, 0.5) is 0 Å². The van der Waals surface area contributed by atoms with Crippen molar-refractivity contribution in [3.63, 3.8) is 0 Å². The summed E-state index contributed by atoms with van der Waals surface area (Å²) in [4.78, 5) is 51.9. The Labute approximate surface area is 168 Å². The van der Waals surface area contributed by atoms with Crippen molar-refractivity contribution < 1.29 is 23.9 Å². The highest BCUT2D eigenvalue weighted by molar-refractivity contribution is 6.09. The molecule has 5 aliphatic rings. The van der Waals surface area contributed by atoms with Gasteiger partial charge in [-0.2, -0.15) is 0 Å². The van der Waals surface area contributed by atoms with E-state index < -0.39 is 18.6 Å². The molecule has 6 rings (SSSR count). The molecule has 0 aromatic heterocycles. The van der Waals surface area contributed by atoms with E-state index in [9.17, 15) is 19.2 Å². The summed E-state index contributed by atoms with van der Waals surface area (Å²) in [6.07, 6.45) is 5.28. The van der Waals surface area contributed by atoms with Crippen LogP contribution in [0.3, 0.4) is 0 Å². The Hall–Kier alpha value is -2.76. The molecule has 4 aliphatic carbocycles. The molecule has 0 spiro atoms. The van der Waals surface area contributed by atoms with Crippen molar-refractivity contribution in [2.24, 2.45) is 35.5 Å². The number of carbonyl (C=O) groups is 4. The lowest BCUT2D eigenvalue weighted by atomic mass is 9.63. The molecule has 1 aromatic rings. The summed E-state index contributed by atoms with van der Waals surface area (Å²) in [6.45, 7) is 3.01. The Morgan fingerprint density at radius 2 is 1.59 bits per heavy atom. The van der Waals surface area contributed by atoms with Crippen LogP contribution in [-0.2, 0) is 19.1 Å². The first-order valence-electron chi connectivity index (χ1n) is 10.2. The molecule has 1 aliphatic heterocycles. The lowest BCUT2D eigenvalue weighted by Crippen LogP contribution is -2.45. The number of rotatable bonds is 5. The average molecular weight is 393 g/mol. The fraction of sp³-hybridized carbons (Fsp3) is 0.478. The molecule has 3 fully saturated rings. The fourth-order valence-electron chi connectivity index (χ4n) is 5.55. The van der Waals surface area contributed by atoms with Gasteiger partial charge in [-0.25, -0.2) is 4.79 Å². The first kappa shape index (κ1) is 18.3. The monoisotopic (exact) mass is 393 g/mol. The van der Waals surface area contributed by atoms with Crippen LogP contribution in [0.2, 0.25) is 0 Å². The van der Waals surface area contributed by atoms with E-state index in [2.05, 4.69) is 12.2 Å². The number of benzene rings is 1. The molecule has 29 heavy (non-hydrogen) atoms. The SMILES string of the molecule is Cc1ccc(C(=O)COC(=O)[C@H](C)N2C(=O)[C@@H]3[C@@H]4C=C[C@H]([C@H]5C[C@H]45)[C@@H]3C2=O)cc1. The number of aryl methyl sites for hydroxylation is 1. The molecule has 2 saturated carbocycles. The Balaban J connectivity index is 1.26. The lowest BCUT2D eigenvalue weighted by Gasteiger charge is -2.37. The minimum atomic E-state index is -1.03. The van der Waals surface area contributed by atoms with Crippen molar-refractivity contribution >= 4 is 23.6 Å². The number of allylic oxidation sites excluding steroid dienone is 2. The van der Waals surface area contributed by atoms with E-state index >= 15 is 0 Å². The van der Waals surface area contributed by atoms with Crippen molar-refractivity contribution in [1.82, 2.24) is 4.90 Å².